The Morgan fingerprint density at radius 1 is 0.800 bits per heavy atom. The first-order valence-electron chi connectivity index (χ1n) is 10.0. The number of hydrogen-bond donors (Lipinski definition) is 2. The molecule has 3 aromatic carbocycles. The molecule has 0 spiro atoms. The minimum Gasteiger partial charge on any atom is -0.322 e. The summed E-state index contributed by atoms with van der Waals surface area (Å²) < 4.78 is 40.4. The monoisotopic (exact) mass is 518 g/mol. The third-order valence-corrected chi connectivity index (χ3v) is 5.54. The Balaban J connectivity index is 1.73. The number of para-hydroxylation sites is 1. The average Bonchev–Trinajstić information content (AvgIpc) is 3.22. The summed E-state index contributed by atoms with van der Waals surface area (Å²) in [5, 5.41) is 9.68. The van der Waals surface area contributed by atoms with Crippen molar-refractivity contribution in [3.8, 4) is 5.69 Å². The lowest BCUT2D eigenvalue weighted by Crippen LogP contribution is -2.20. The Hall–Kier alpha value is -3.82. The van der Waals surface area contributed by atoms with Gasteiger partial charge < -0.3 is 10.6 Å². The third kappa shape index (κ3) is 5.31. The highest BCUT2D eigenvalue weighted by Crippen LogP contribution is 2.31. The number of nitrogens with zero attached hydrogens (tertiary/aromatic N) is 2. The molecule has 0 radical (unpaired) electrons. The predicted molar refractivity (Wildman–Crippen MR) is 127 cm³/mol. The summed E-state index contributed by atoms with van der Waals surface area (Å²) in [6.07, 6.45) is -3.40. The van der Waals surface area contributed by atoms with Crippen LogP contribution >= 0.6 is 23.2 Å². The van der Waals surface area contributed by atoms with E-state index in [9.17, 15) is 22.8 Å². The van der Waals surface area contributed by atoms with Gasteiger partial charge in [0.25, 0.3) is 11.8 Å². The molecule has 11 heteroatoms. The van der Waals surface area contributed by atoms with Crippen LogP contribution in [0.25, 0.3) is 5.69 Å². The smallest absolute Gasteiger partial charge is 0.322 e. The van der Waals surface area contributed by atoms with Crippen molar-refractivity contribution in [1.82, 2.24) is 9.78 Å². The Bertz CT molecular complexity index is 1420. The third-order valence-electron chi connectivity index (χ3n) is 4.89. The number of aromatic nitrogens is 2. The number of amides is 2. The van der Waals surface area contributed by atoms with E-state index < -0.39 is 23.6 Å². The number of benzene rings is 3. The molecule has 4 rings (SSSR count). The van der Waals surface area contributed by atoms with Gasteiger partial charge in [-0.15, -0.1) is 0 Å². The molecule has 0 unspecified atom stereocenters. The molecular weight excluding hydrogens is 504 g/mol. The molecule has 35 heavy (non-hydrogen) atoms. The van der Waals surface area contributed by atoms with Crippen molar-refractivity contribution in [2.24, 2.45) is 0 Å². The Labute approximate surface area is 207 Å². The standard InChI is InChI=1S/C24H15Cl2F3N4O2/c25-18-9-2-1-8-16(18)22(34)32-21-17(13-30-33(21)20-11-4-3-10-19(20)26)23(35)31-15-7-5-6-14(12-15)24(27,28)29/h1-13H,(H,31,35)(H,32,34). The van der Waals surface area contributed by atoms with Gasteiger partial charge in [0.05, 0.1) is 33.1 Å². The van der Waals surface area contributed by atoms with Gasteiger partial charge in [0, 0.05) is 5.69 Å². The summed E-state index contributed by atoms with van der Waals surface area (Å²) in [5.41, 5.74) is -0.609. The number of nitrogens with one attached hydrogen (secondary N) is 2. The van der Waals surface area contributed by atoms with Gasteiger partial charge in [-0.3, -0.25) is 9.59 Å². The first-order chi connectivity index (χ1) is 16.6. The maximum atomic E-state index is 13.1. The molecule has 178 valence electrons. The fourth-order valence-corrected chi connectivity index (χ4v) is 3.67. The van der Waals surface area contributed by atoms with Gasteiger partial charge in [0.1, 0.15) is 11.4 Å². The largest absolute Gasteiger partial charge is 0.416 e. The van der Waals surface area contributed by atoms with E-state index in [1.165, 1.54) is 35.1 Å². The van der Waals surface area contributed by atoms with E-state index in [2.05, 4.69) is 15.7 Å². The Kier molecular flexibility index (Phi) is 6.81. The number of rotatable bonds is 5. The maximum Gasteiger partial charge on any atom is 0.416 e. The van der Waals surface area contributed by atoms with Gasteiger partial charge >= 0.3 is 6.18 Å². The highest BCUT2D eigenvalue weighted by molar-refractivity contribution is 6.34. The van der Waals surface area contributed by atoms with E-state index in [0.717, 1.165) is 12.1 Å². The summed E-state index contributed by atoms with van der Waals surface area (Å²) >= 11 is 12.4. The highest BCUT2D eigenvalue weighted by Gasteiger charge is 2.31. The van der Waals surface area contributed by atoms with Gasteiger partial charge in [-0.05, 0) is 42.5 Å². The van der Waals surface area contributed by atoms with Crippen molar-refractivity contribution in [3.05, 3.63) is 106 Å². The van der Waals surface area contributed by atoms with Crippen molar-refractivity contribution in [2.45, 2.75) is 6.18 Å². The fraction of sp³-hybridized carbons (Fsp3) is 0.0417. The quantitative estimate of drug-likeness (QED) is 0.308. The summed E-state index contributed by atoms with van der Waals surface area (Å²) in [6, 6.07) is 17.1. The van der Waals surface area contributed by atoms with Gasteiger partial charge in [-0.25, -0.2) is 4.68 Å². The van der Waals surface area contributed by atoms with Crippen LogP contribution in [0.3, 0.4) is 0 Å². The number of carbonyl (C=O) groups excluding carboxylic acids is 2. The molecule has 0 aliphatic rings. The van der Waals surface area contributed by atoms with Crippen molar-refractivity contribution < 1.29 is 22.8 Å². The molecule has 2 N–H and O–H groups in total. The predicted octanol–water partition coefficient (Wildman–Crippen LogP) is 6.70. The van der Waals surface area contributed by atoms with Gasteiger partial charge in [-0.2, -0.15) is 18.3 Å². The van der Waals surface area contributed by atoms with Crippen LogP contribution in [-0.4, -0.2) is 21.6 Å². The van der Waals surface area contributed by atoms with Crippen LogP contribution in [0.2, 0.25) is 10.0 Å². The van der Waals surface area contributed by atoms with E-state index in [4.69, 9.17) is 23.2 Å². The lowest BCUT2D eigenvalue weighted by atomic mass is 10.2. The Morgan fingerprint density at radius 2 is 1.46 bits per heavy atom. The lowest BCUT2D eigenvalue weighted by molar-refractivity contribution is -0.137. The molecule has 4 aromatic rings. The summed E-state index contributed by atoms with van der Waals surface area (Å²) in [4.78, 5) is 26.0. The second kappa shape index (κ2) is 9.81. The first kappa shape index (κ1) is 24.3. The van der Waals surface area contributed by atoms with E-state index in [-0.39, 0.29) is 32.7 Å². The van der Waals surface area contributed by atoms with Crippen molar-refractivity contribution in [3.63, 3.8) is 0 Å². The number of hydrogen-bond acceptors (Lipinski definition) is 3. The van der Waals surface area contributed by atoms with Crippen LogP contribution in [0, 0.1) is 0 Å². The molecule has 0 aliphatic carbocycles. The van der Waals surface area contributed by atoms with E-state index in [0.29, 0.717) is 5.69 Å². The lowest BCUT2D eigenvalue weighted by Gasteiger charge is -2.13. The number of anilines is 2. The molecule has 2 amide bonds. The number of alkyl halides is 3. The fourth-order valence-electron chi connectivity index (χ4n) is 3.23. The average molecular weight is 519 g/mol. The van der Waals surface area contributed by atoms with Crippen LogP contribution in [0.1, 0.15) is 26.3 Å². The second-order valence-corrected chi connectivity index (χ2v) is 8.05. The minimum absolute atomic E-state index is 0.0486. The SMILES string of the molecule is O=C(Nc1c(C(=O)Nc2cccc(C(F)(F)F)c2)cnn1-c1ccccc1Cl)c1ccccc1Cl. The van der Waals surface area contributed by atoms with Crippen LogP contribution in [0.15, 0.2) is 79.0 Å². The van der Waals surface area contributed by atoms with Crippen LogP contribution in [0.5, 0.6) is 0 Å². The van der Waals surface area contributed by atoms with E-state index in [1.807, 2.05) is 0 Å². The molecular formula is C24H15Cl2F3N4O2. The zero-order valence-electron chi connectivity index (χ0n) is 17.6. The summed E-state index contributed by atoms with van der Waals surface area (Å²) in [5.74, 6) is -1.47. The molecule has 1 heterocycles. The first-order valence-corrected chi connectivity index (χ1v) is 10.8. The van der Waals surface area contributed by atoms with Crippen molar-refractivity contribution >= 4 is 46.5 Å². The van der Waals surface area contributed by atoms with Crippen LogP contribution in [0.4, 0.5) is 24.7 Å². The second-order valence-electron chi connectivity index (χ2n) is 7.24. The van der Waals surface area contributed by atoms with Crippen LogP contribution in [-0.2, 0) is 6.18 Å². The minimum atomic E-state index is -4.58. The molecule has 6 nitrogen and oxygen atoms in total. The molecule has 0 aliphatic heterocycles. The maximum absolute atomic E-state index is 13.1. The van der Waals surface area contributed by atoms with E-state index >= 15 is 0 Å². The molecule has 1 aromatic heterocycles. The summed E-state index contributed by atoms with van der Waals surface area (Å²) in [6.45, 7) is 0. The van der Waals surface area contributed by atoms with E-state index in [1.54, 1.807) is 36.4 Å². The zero-order chi connectivity index (χ0) is 25.2. The Morgan fingerprint density at radius 3 is 2.14 bits per heavy atom. The van der Waals surface area contributed by atoms with Crippen molar-refractivity contribution in [1.29, 1.82) is 0 Å². The normalized spacial score (nSPS) is 11.2. The molecule has 0 saturated carbocycles. The van der Waals surface area contributed by atoms with Crippen LogP contribution < -0.4 is 10.6 Å². The number of carbonyl (C=O) groups is 2. The van der Waals surface area contributed by atoms with Gasteiger partial charge in [0.15, 0.2) is 0 Å². The summed E-state index contributed by atoms with van der Waals surface area (Å²) in [7, 11) is 0. The molecule has 0 fully saturated rings. The topological polar surface area (TPSA) is 76.0 Å². The zero-order valence-corrected chi connectivity index (χ0v) is 19.1. The number of halogens is 5. The van der Waals surface area contributed by atoms with Gasteiger partial charge in [-0.1, -0.05) is 53.5 Å². The molecule has 0 bridgehead atoms. The molecule has 0 atom stereocenters. The van der Waals surface area contributed by atoms with Crippen molar-refractivity contribution in [2.75, 3.05) is 10.6 Å². The molecule has 0 saturated heterocycles. The van der Waals surface area contributed by atoms with Gasteiger partial charge in [0.2, 0.25) is 0 Å². The highest BCUT2D eigenvalue weighted by atomic mass is 35.5.